The number of aliphatic carboxylic acids is 1. The molecule has 4 heteroatoms. The zero-order valence-corrected chi connectivity index (χ0v) is 12.5. The van der Waals surface area contributed by atoms with Crippen LogP contribution in [0, 0.1) is 5.92 Å². The van der Waals surface area contributed by atoms with Gasteiger partial charge in [0.15, 0.2) is 0 Å². The number of hydrogen-bond donors (Lipinski definition) is 2. The van der Waals surface area contributed by atoms with E-state index in [4.69, 9.17) is 4.74 Å². The number of ether oxygens (including phenoxy) is 1. The fourth-order valence-corrected chi connectivity index (χ4v) is 2.10. The van der Waals surface area contributed by atoms with Gasteiger partial charge in [0, 0.05) is 6.61 Å². The first-order valence-electron chi connectivity index (χ1n) is 6.91. The summed E-state index contributed by atoms with van der Waals surface area (Å²) < 4.78 is 5.69. The number of hydrogen-bond acceptors (Lipinski definition) is 3. The molecule has 18 heavy (non-hydrogen) atoms. The van der Waals surface area contributed by atoms with Crippen molar-refractivity contribution in [2.45, 2.75) is 65.5 Å². The molecule has 0 amide bonds. The van der Waals surface area contributed by atoms with Crippen LogP contribution in [0.15, 0.2) is 0 Å². The Bertz CT molecular complexity index is 243. The number of carboxylic acids is 1. The summed E-state index contributed by atoms with van der Waals surface area (Å²) in [5.41, 5.74) is -0.834. The largest absolute Gasteiger partial charge is 0.480 e. The van der Waals surface area contributed by atoms with E-state index in [0.717, 1.165) is 12.8 Å². The normalized spacial score (nSPS) is 16.6. The van der Waals surface area contributed by atoms with Crippen molar-refractivity contribution >= 4 is 5.97 Å². The highest BCUT2D eigenvalue weighted by Gasteiger charge is 2.31. The van der Waals surface area contributed by atoms with Crippen molar-refractivity contribution in [1.29, 1.82) is 0 Å². The van der Waals surface area contributed by atoms with Gasteiger partial charge in [-0.1, -0.05) is 20.8 Å². The molecule has 0 saturated carbocycles. The summed E-state index contributed by atoms with van der Waals surface area (Å²) in [6, 6.07) is 0. The van der Waals surface area contributed by atoms with Crippen molar-refractivity contribution in [3.63, 3.8) is 0 Å². The van der Waals surface area contributed by atoms with E-state index >= 15 is 0 Å². The van der Waals surface area contributed by atoms with Crippen LogP contribution in [0.5, 0.6) is 0 Å². The maximum Gasteiger partial charge on any atom is 0.323 e. The van der Waals surface area contributed by atoms with Gasteiger partial charge in [0.2, 0.25) is 0 Å². The highest BCUT2D eigenvalue weighted by molar-refractivity contribution is 5.78. The van der Waals surface area contributed by atoms with Crippen LogP contribution in [0.2, 0.25) is 0 Å². The maximum absolute atomic E-state index is 11.2. The predicted octanol–water partition coefficient (Wildman–Crippen LogP) is 2.67. The maximum atomic E-state index is 11.2. The predicted molar refractivity (Wildman–Crippen MR) is 73.8 cm³/mol. The molecule has 0 aromatic rings. The molecule has 108 valence electrons. The molecule has 0 saturated heterocycles. The molecule has 0 aromatic heterocycles. The Labute approximate surface area is 111 Å². The second-order valence-corrected chi connectivity index (χ2v) is 5.58. The van der Waals surface area contributed by atoms with Gasteiger partial charge in [-0.15, -0.1) is 0 Å². The lowest BCUT2D eigenvalue weighted by Crippen LogP contribution is -2.49. The topological polar surface area (TPSA) is 58.6 Å². The van der Waals surface area contributed by atoms with Crippen LogP contribution < -0.4 is 5.32 Å². The van der Waals surface area contributed by atoms with Crippen LogP contribution in [-0.2, 0) is 9.53 Å². The van der Waals surface area contributed by atoms with Crippen molar-refractivity contribution in [3.8, 4) is 0 Å². The molecule has 0 radical (unpaired) electrons. The molecule has 0 aliphatic heterocycles. The van der Waals surface area contributed by atoms with Crippen molar-refractivity contribution in [1.82, 2.24) is 5.32 Å². The van der Waals surface area contributed by atoms with Crippen LogP contribution in [0.1, 0.15) is 53.9 Å². The smallest absolute Gasteiger partial charge is 0.323 e. The summed E-state index contributed by atoms with van der Waals surface area (Å²) in [5.74, 6) is -0.161. The van der Waals surface area contributed by atoms with Gasteiger partial charge < -0.3 is 15.2 Å². The fourth-order valence-electron chi connectivity index (χ4n) is 2.10. The monoisotopic (exact) mass is 259 g/mol. The molecule has 0 spiro atoms. The van der Waals surface area contributed by atoms with Crippen LogP contribution >= 0.6 is 0 Å². The zero-order valence-electron chi connectivity index (χ0n) is 12.5. The van der Waals surface area contributed by atoms with Crippen LogP contribution in [0.3, 0.4) is 0 Å². The molecule has 0 fully saturated rings. The van der Waals surface area contributed by atoms with E-state index in [9.17, 15) is 9.90 Å². The van der Waals surface area contributed by atoms with Gasteiger partial charge in [-0.25, -0.2) is 0 Å². The average Bonchev–Trinajstić information content (AvgIpc) is 2.23. The van der Waals surface area contributed by atoms with Crippen molar-refractivity contribution < 1.29 is 14.6 Å². The number of rotatable bonds is 10. The van der Waals surface area contributed by atoms with E-state index in [2.05, 4.69) is 26.1 Å². The van der Waals surface area contributed by atoms with Crippen molar-refractivity contribution in [2.75, 3.05) is 13.2 Å². The number of carbonyl (C=O) groups is 1. The fraction of sp³-hybridized carbons (Fsp3) is 0.929. The van der Waals surface area contributed by atoms with E-state index < -0.39 is 11.5 Å². The Kier molecular flexibility index (Phi) is 8.20. The van der Waals surface area contributed by atoms with Crippen LogP contribution in [0.4, 0.5) is 0 Å². The van der Waals surface area contributed by atoms with Gasteiger partial charge in [0.05, 0.1) is 6.10 Å². The van der Waals surface area contributed by atoms with Gasteiger partial charge >= 0.3 is 5.97 Å². The molecule has 2 atom stereocenters. The zero-order chi connectivity index (χ0) is 14.2. The summed E-state index contributed by atoms with van der Waals surface area (Å²) in [6.07, 6.45) is 2.65. The number of nitrogens with one attached hydrogen (secondary N) is 1. The standard InChI is InChI=1S/C14H29NO3/c1-6-15-14(5,13(16)17)8-7-9-18-12(4)10-11(2)3/h11-12,15H,6-10H2,1-5H3,(H,16,17). The first-order chi connectivity index (χ1) is 8.31. The quantitative estimate of drug-likeness (QED) is 0.592. The lowest BCUT2D eigenvalue weighted by atomic mass is 9.96. The Morgan fingerprint density at radius 2 is 2.00 bits per heavy atom. The minimum Gasteiger partial charge on any atom is -0.480 e. The minimum atomic E-state index is -0.834. The molecule has 2 N–H and O–H groups in total. The highest BCUT2D eigenvalue weighted by Crippen LogP contribution is 2.14. The molecule has 0 aliphatic rings. The molecule has 2 unspecified atom stereocenters. The van der Waals surface area contributed by atoms with E-state index in [1.54, 1.807) is 6.92 Å². The number of likely N-dealkylation sites (N-methyl/N-ethyl adjacent to an activating group) is 1. The molecular weight excluding hydrogens is 230 g/mol. The highest BCUT2D eigenvalue weighted by atomic mass is 16.5. The van der Waals surface area contributed by atoms with Crippen LogP contribution in [-0.4, -0.2) is 35.9 Å². The molecule has 0 rings (SSSR count). The molecule has 0 aromatic carbocycles. The van der Waals surface area contributed by atoms with E-state index in [1.165, 1.54) is 0 Å². The van der Waals surface area contributed by atoms with Gasteiger partial charge in [-0.3, -0.25) is 4.79 Å². The average molecular weight is 259 g/mol. The Balaban J connectivity index is 3.90. The van der Waals surface area contributed by atoms with Crippen molar-refractivity contribution in [3.05, 3.63) is 0 Å². The third kappa shape index (κ3) is 6.97. The summed E-state index contributed by atoms with van der Waals surface area (Å²) in [6.45, 7) is 11.4. The first-order valence-corrected chi connectivity index (χ1v) is 6.91. The van der Waals surface area contributed by atoms with Crippen LogP contribution in [0.25, 0.3) is 0 Å². The third-order valence-electron chi connectivity index (χ3n) is 3.07. The van der Waals surface area contributed by atoms with Gasteiger partial charge in [-0.2, -0.15) is 0 Å². The third-order valence-corrected chi connectivity index (χ3v) is 3.07. The molecule has 0 heterocycles. The van der Waals surface area contributed by atoms with Gasteiger partial charge in [0.1, 0.15) is 5.54 Å². The molecular formula is C14H29NO3. The Morgan fingerprint density at radius 1 is 1.39 bits per heavy atom. The van der Waals surface area contributed by atoms with E-state index in [0.29, 0.717) is 25.5 Å². The lowest BCUT2D eigenvalue weighted by molar-refractivity contribution is -0.144. The van der Waals surface area contributed by atoms with Gasteiger partial charge in [0.25, 0.3) is 0 Å². The Hall–Kier alpha value is -0.610. The van der Waals surface area contributed by atoms with Gasteiger partial charge in [-0.05, 0) is 45.6 Å². The van der Waals surface area contributed by atoms with E-state index in [-0.39, 0.29) is 6.10 Å². The second kappa shape index (κ2) is 8.48. The van der Waals surface area contributed by atoms with E-state index in [1.807, 2.05) is 6.92 Å². The number of carboxylic acid groups (broad SMARTS) is 1. The second-order valence-electron chi connectivity index (χ2n) is 5.58. The molecule has 0 aliphatic carbocycles. The van der Waals surface area contributed by atoms with Crippen molar-refractivity contribution in [2.24, 2.45) is 5.92 Å². The summed E-state index contributed by atoms with van der Waals surface area (Å²) >= 11 is 0. The Morgan fingerprint density at radius 3 is 2.44 bits per heavy atom. The SMILES string of the molecule is CCNC(C)(CCCOC(C)CC(C)C)C(=O)O. The first kappa shape index (κ1) is 17.4. The summed E-state index contributed by atoms with van der Waals surface area (Å²) in [7, 11) is 0. The lowest BCUT2D eigenvalue weighted by Gasteiger charge is -2.26. The molecule has 4 nitrogen and oxygen atoms in total. The molecule has 0 bridgehead atoms. The summed E-state index contributed by atoms with van der Waals surface area (Å²) in [4.78, 5) is 11.2. The summed E-state index contributed by atoms with van der Waals surface area (Å²) in [5, 5.41) is 12.2. The minimum absolute atomic E-state index is 0.250.